The summed E-state index contributed by atoms with van der Waals surface area (Å²) in [5.74, 6) is -0.0794. The third-order valence-corrected chi connectivity index (χ3v) is 5.62. The molecule has 0 aliphatic heterocycles. The Morgan fingerprint density at radius 2 is 2.05 bits per heavy atom. The van der Waals surface area contributed by atoms with Crippen LogP contribution in [0, 0.1) is 0 Å². The standard InChI is InChI=1S/C13H15N3O2S3/c1-4-19-8-6-5-7-9(10(8)11(17)18)20-13-15-14-12(21-13)16(2)3/h5-7H,4H2,1-3H3,(H,17,18). The summed E-state index contributed by atoms with van der Waals surface area (Å²) in [6, 6.07) is 5.53. The number of carbonyl (C=O) groups is 1. The number of nitrogens with zero attached hydrogens (tertiary/aromatic N) is 3. The summed E-state index contributed by atoms with van der Waals surface area (Å²) in [5, 5.41) is 18.4. The third-order valence-electron chi connectivity index (χ3n) is 2.48. The average molecular weight is 341 g/mol. The van der Waals surface area contributed by atoms with E-state index >= 15 is 0 Å². The number of carboxylic acids is 1. The first-order chi connectivity index (χ1) is 10.0. The molecule has 0 fully saturated rings. The minimum absolute atomic E-state index is 0.343. The summed E-state index contributed by atoms with van der Waals surface area (Å²) in [6.45, 7) is 2.00. The van der Waals surface area contributed by atoms with E-state index in [0.29, 0.717) is 10.5 Å². The SMILES string of the molecule is CCSc1cccc(Sc2nnc(N(C)C)s2)c1C(=O)O. The van der Waals surface area contributed by atoms with Gasteiger partial charge in [-0.1, -0.05) is 36.1 Å². The minimum atomic E-state index is -0.911. The van der Waals surface area contributed by atoms with Gasteiger partial charge < -0.3 is 10.0 Å². The quantitative estimate of drug-likeness (QED) is 0.806. The lowest BCUT2D eigenvalue weighted by molar-refractivity contribution is 0.0689. The van der Waals surface area contributed by atoms with Crippen molar-refractivity contribution >= 4 is 46.0 Å². The zero-order valence-corrected chi connectivity index (χ0v) is 14.3. The van der Waals surface area contributed by atoms with Crippen LogP contribution in [0.1, 0.15) is 17.3 Å². The molecular formula is C13H15N3O2S3. The fourth-order valence-electron chi connectivity index (χ4n) is 1.60. The van der Waals surface area contributed by atoms with Gasteiger partial charge in [-0.15, -0.1) is 22.0 Å². The normalized spacial score (nSPS) is 10.6. The lowest BCUT2D eigenvalue weighted by Crippen LogP contribution is -2.07. The van der Waals surface area contributed by atoms with Crippen LogP contribution >= 0.6 is 34.9 Å². The van der Waals surface area contributed by atoms with Gasteiger partial charge in [0.2, 0.25) is 5.13 Å². The van der Waals surface area contributed by atoms with E-state index in [-0.39, 0.29) is 0 Å². The molecule has 0 spiro atoms. The van der Waals surface area contributed by atoms with Crippen molar-refractivity contribution < 1.29 is 9.90 Å². The maximum atomic E-state index is 11.6. The van der Waals surface area contributed by atoms with Gasteiger partial charge in [0.25, 0.3) is 0 Å². The number of aromatic carboxylic acids is 1. The Hall–Kier alpha value is -1.25. The van der Waals surface area contributed by atoms with Crippen LogP contribution in [-0.4, -0.2) is 41.1 Å². The van der Waals surface area contributed by atoms with Gasteiger partial charge in [0, 0.05) is 23.9 Å². The topological polar surface area (TPSA) is 66.3 Å². The predicted molar refractivity (Wildman–Crippen MR) is 88.2 cm³/mol. The van der Waals surface area contributed by atoms with E-state index in [0.717, 1.165) is 20.1 Å². The molecule has 0 bridgehead atoms. The van der Waals surface area contributed by atoms with Crippen molar-refractivity contribution in [2.45, 2.75) is 21.1 Å². The summed E-state index contributed by atoms with van der Waals surface area (Å²) in [7, 11) is 3.80. The van der Waals surface area contributed by atoms with E-state index in [1.54, 1.807) is 0 Å². The molecule has 0 aliphatic carbocycles. The van der Waals surface area contributed by atoms with E-state index in [2.05, 4.69) is 10.2 Å². The Labute approximate surface area is 135 Å². The van der Waals surface area contributed by atoms with Crippen molar-refractivity contribution in [2.24, 2.45) is 0 Å². The van der Waals surface area contributed by atoms with Crippen molar-refractivity contribution in [3.8, 4) is 0 Å². The number of rotatable bonds is 6. The molecule has 1 heterocycles. The summed E-state index contributed by atoms with van der Waals surface area (Å²) in [6.07, 6.45) is 0. The number of hydrogen-bond donors (Lipinski definition) is 1. The Bertz CT molecular complexity index is 643. The van der Waals surface area contributed by atoms with Gasteiger partial charge in [0.1, 0.15) is 0 Å². The van der Waals surface area contributed by atoms with Crippen molar-refractivity contribution in [1.82, 2.24) is 10.2 Å². The fourth-order valence-corrected chi connectivity index (χ4v) is 4.37. The van der Waals surface area contributed by atoms with Crippen LogP contribution in [0.5, 0.6) is 0 Å². The third kappa shape index (κ3) is 3.90. The maximum absolute atomic E-state index is 11.6. The van der Waals surface area contributed by atoms with Crippen LogP contribution in [0.25, 0.3) is 0 Å². The largest absolute Gasteiger partial charge is 0.478 e. The van der Waals surface area contributed by atoms with E-state index in [1.807, 2.05) is 44.1 Å². The minimum Gasteiger partial charge on any atom is -0.478 e. The lowest BCUT2D eigenvalue weighted by atomic mass is 10.2. The molecule has 1 N–H and O–H groups in total. The van der Waals surface area contributed by atoms with Crippen LogP contribution in [0.3, 0.4) is 0 Å². The highest BCUT2D eigenvalue weighted by Gasteiger charge is 2.18. The van der Waals surface area contributed by atoms with Gasteiger partial charge in [0.05, 0.1) is 5.56 Å². The second-order valence-corrected chi connectivity index (χ2v) is 7.77. The Kier molecular flexibility index (Phi) is 5.49. The Morgan fingerprint density at radius 3 is 2.62 bits per heavy atom. The molecule has 1 aromatic heterocycles. The van der Waals surface area contributed by atoms with Crippen LogP contribution < -0.4 is 4.90 Å². The molecule has 112 valence electrons. The Morgan fingerprint density at radius 1 is 1.33 bits per heavy atom. The average Bonchev–Trinajstić information content (AvgIpc) is 2.87. The highest BCUT2D eigenvalue weighted by molar-refractivity contribution is 8.01. The lowest BCUT2D eigenvalue weighted by Gasteiger charge is -2.08. The molecular weight excluding hydrogens is 326 g/mol. The van der Waals surface area contributed by atoms with E-state index in [9.17, 15) is 9.90 Å². The molecule has 5 nitrogen and oxygen atoms in total. The van der Waals surface area contributed by atoms with Crippen molar-refractivity contribution in [3.05, 3.63) is 23.8 Å². The molecule has 0 amide bonds. The zero-order chi connectivity index (χ0) is 15.4. The number of thioether (sulfide) groups is 1. The molecule has 0 aliphatic rings. The van der Waals surface area contributed by atoms with Crippen molar-refractivity contribution in [3.63, 3.8) is 0 Å². The number of hydrogen-bond acceptors (Lipinski definition) is 7. The Balaban J connectivity index is 2.34. The summed E-state index contributed by atoms with van der Waals surface area (Å²) >= 11 is 4.32. The highest BCUT2D eigenvalue weighted by Crippen LogP contribution is 2.37. The summed E-state index contributed by atoms with van der Waals surface area (Å²) in [4.78, 5) is 14.9. The van der Waals surface area contributed by atoms with Gasteiger partial charge in [-0.3, -0.25) is 0 Å². The summed E-state index contributed by atoms with van der Waals surface area (Å²) in [5.41, 5.74) is 0.343. The van der Waals surface area contributed by atoms with E-state index in [1.165, 1.54) is 34.9 Å². The first-order valence-corrected chi connectivity index (χ1v) is 8.82. The number of benzene rings is 1. The second kappa shape index (κ2) is 7.15. The van der Waals surface area contributed by atoms with E-state index < -0.39 is 5.97 Å². The van der Waals surface area contributed by atoms with Gasteiger partial charge in [0.15, 0.2) is 4.34 Å². The molecule has 0 radical (unpaired) electrons. The fraction of sp³-hybridized carbons (Fsp3) is 0.308. The van der Waals surface area contributed by atoms with Gasteiger partial charge in [-0.2, -0.15) is 0 Å². The molecule has 8 heteroatoms. The highest BCUT2D eigenvalue weighted by atomic mass is 32.2. The van der Waals surface area contributed by atoms with Gasteiger partial charge >= 0.3 is 5.97 Å². The number of aromatic nitrogens is 2. The van der Waals surface area contributed by atoms with Crippen LogP contribution in [0.15, 0.2) is 32.3 Å². The van der Waals surface area contributed by atoms with Crippen molar-refractivity contribution in [1.29, 1.82) is 0 Å². The monoisotopic (exact) mass is 341 g/mol. The molecule has 0 saturated carbocycles. The zero-order valence-electron chi connectivity index (χ0n) is 11.9. The summed E-state index contributed by atoms with van der Waals surface area (Å²) < 4.78 is 0.736. The van der Waals surface area contributed by atoms with Crippen LogP contribution in [0.4, 0.5) is 5.13 Å². The second-order valence-electron chi connectivity index (χ2n) is 4.21. The maximum Gasteiger partial charge on any atom is 0.337 e. The molecule has 0 atom stereocenters. The van der Waals surface area contributed by atoms with Gasteiger partial charge in [-0.05, 0) is 17.9 Å². The smallest absolute Gasteiger partial charge is 0.337 e. The number of anilines is 1. The molecule has 1 aromatic carbocycles. The van der Waals surface area contributed by atoms with Gasteiger partial charge in [-0.25, -0.2) is 4.79 Å². The molecule has 0 saturated heterocycles. The van der Waals surface area contributed by atoms with Crippen molar-refractivity contribution in [2.75, 3.05) is 24.7 Å². The van der Waals surface area contributed by atoms with Crippen LogP contribution in [0.2, 0.25) is 0 Å². The predicted octanol–water partition coefficient (Wildman–Crippen LogP) is 3.57. The molecule has 2 aromatic rings. The molecule has 2 rings (SSSR count). The number of carboxylic acid groups (broad SMARTS) is 1. The molecule has 21 heavy (non-hydrogen) atoms. The molecule has 0 unspecified atom stereocenters. The van der Waals surface area contributed by atoms with Crippen LogP contribution in [-0.2, 0) is 0 Å². The first kappa shape index (κ1) is 16.1. The van der Waals surface area contributed by atoms with E-state index in [4.69, 9.17) is 0 Å². The first-order valence-electron chi connectivity index (χ1n) is 6.20.